The monoisotopic (exact) mass is 333 g/mol. The Balaban J connectivity index is 1.51. The molecular weight excluding hydrogens is 310 g/mol. The Labute approximate surface area is 141 Å². The number of carbonyl (C=O) groups is 1. The summed E-state index contributed by atoms with van der Waals surface area (Å²) in [5.74, 6) is 0.900. The molecule has 0 atom stereocenters. The number of carbonyl (C=O) groups excluding carboxylic acids is 1. The highest BCUT2D eigenvalue weighted by Crippen LogP contribution is 2.18. The summed E-state index contributed by atoms with van der Waals surface area (Å²) in [6.07, 6.45) is 2.23. The molecule has 2 saturated heterocycles. The van der Waals surface area contributed by atoms with Gasteiger partial charge in [-0.25, -0.2) is 0 Å². The maximum Gasteiger partial charge on any atom is 0.253 e. The molecule has 2 aliphatic rings. The van der Waals surface area contributed by atoms with E-state index in [4.69, 9.17) is 10.1 Å². The van der Waals surface area contributed by atoms with Gasteiger partial charge in [0, 0.05) is 37.5 Å². The maximum absolute atomic E-state index is 12.3. The molecule has 0 aromatic heterocycles. The fourth-order valence-electron chi connectivity index (χ4n) is 2.86. The first-order valence-electron chi connectivity index (χ1n) is 8.16. The third-order valence-corrected chi connectivity index (χ3v) is 5.28. The number of rotatable bonds is 3. The van der Waals surface area contributed by atoms with E-state index in [-0.39, 0.29) is 5.91 Å². The van der Waals surface area contributed by atoms with Crippen molar-refractivity contribution in [3.63, 3.8) is 0 Å². The number of hydrogen-bond donors (Lipinski definition) is 1. The molecule has 0 aliphatic carbocycles. The lowest BCUT2D eigenvalue weighted by atomic mass is 10.1. The first-order valence-corrected chi connectivity index (χ1v) is 9.15. The van der Waals surface area contributed by atoms with Gasteiger partial charge in [-0.05, 0) is 30.5 Å². The van der Waals surface area contributed by atoms with Gasteiger partial charge in [0.15, 0.2) is 5.17 Å². The fourth-order valence-corrected chi connectivity index (χ4v) is 3.72. The zero-order chi connectivity index (χ0) is 16.1. The number of morpholine rings is 1. The summed E-state index contributed by atoms with van der Waals surface area (Å²) >= 11 is 1.53. The Morgan fingerprint density at radius 2 is 1.70 bits per heavy atom. The Hall–Kier alpha value is -1.53. The van der Waals surface area contributed by atoms with E-state index in [0.29, 0.717) is 18.4 Å². The van der Waals surface area contributed by atoms with Gasteiger partial charge in [0.1, 0.15) is 0 Å². The minimum absolute atomic E-state index is 0.141. The summed E-state index contributed by atoms with van der Waals surface area (Å²) in [7, 11) is 0. The average Bonchev–Trinajstić information content (AvgIpc) is 3.15. The van der Waals surface area contributed by atoms with Gasteiger partial charge >= 0.3 is 0 Å². The molecular formula is C17H23N3O2S. The van der Waals surface area contributed by atoms with Crippen LogP contribution >= 0.6 is 11.8 Å². The van der Waals surface area contributed by atoms with Crippen LogP contribution in [0.1, 0.15) is 28.8 Å². The van der Waals surface area contributed by atoms with Gasteiger partial charge in [-0.1, -0.05) is 23.9 Å². The van der Waals surface area contributed by atoms with E-state index >= 15 is 0 Å². The van der Waals surface area contributed by atoms with Gasteiger partial charge in [-0.2, -0.15) is 0 Å². The van der Waals surface area contributed by atoms with Crippen molar-refractivity contribution < 1.29 is 9.53 Å². The third kappa shape index (κ3) is 4.26. The molecule has 0 saturated carbocycles. The van der Waals surface area contributed by atoms with Gasteiger partial charge < -0.3 is 14.5 Å². The van der Waals surface area contributed by atoms with Crippen molar-refractivity contribution in [1.29, 1.82) is 5.41 Å². The van der Waals surface area contributed by atoms with Crippen LogP contribution in [0.25, 0.3) is 0 Å². The van der Waals surface area contributed by atoms with Crippen molar-refractivity contribution in [2.75, 3.05) is 39.4 Å². The Morgan fingerprint density at radius 1 is 1.04 bits per heavy atom. The topological polar surface area (TPSA) is 56.6 Å². The second-order valence-electron chi connectivity index (χ2n) is 5.89. The fraction of sp³-hybridized carbons (Fsp3) is 0.529. The highest BCUT2D eigenvalue weighted by molar-refractivity contribution is 8.13. The molecule has 0 unspecified atom stereocenters. The summed E-state index contributed by atoms with van der Waals surface area (Å²) in [4.78, 5) is 16.3. The minimum atomic E-state index is 0.141. The number of nitrogens with zero attached hydrogens (tertiary/aromatic N) is 2. The van der Waals surface area contributed by atoms with Crippen LogP contribution in [0.3, 0.4) is 0 Å². The second-order valence-corrected chi connectivity index (χ2v) is 6.85. The van der Waals surface area contributed by atoms with Gasteiger partial charge in [-0.15, -0.1) is 0 Å². The molecule has 1 amide bonds. The molecule has 5 nitrogen and oxygen atoms in total. The minimum Gasteiger partial charge on any atom is -0.378 e. The van der Waals surface area contributed by atoms with Crippen molar-refractivity contribution in [3.8, 4) is 0 Å². The molecule has 0 bridgehead atoms. The van der Waals surface area contributed by atoms with Crippen LogP contribution in [0, 0.1) is 5.41 Å². The Kier molecular flexibility index (Phi) is 5.56. The number of ether oxygens (including phenoxy) is 1. The van der Waals surface area contributed by atoms with E-state index in [0.717, 1.165) is 55.9 Å². The molecule has 1 N–H and O–H groups in total. The molecule has 6 heteroatoms. The van der Waals surface area contributed by atoms with E-state index < -0.39 is 0 Å². The van der Waals surface area contributed by atoms with E-state index in [1.807, 2.05) is 29.2 Å². The van der Waals surface area contributed by atoms with Crippen molar-refractivity contribution in [1.82, 2.24) is 9.80 Å². The molecule has 0 spiro atoms. The Bertz CT molecular complexity index is 549. The number of nitrogens with one attached hydrogen (secondary N) is 1. The number of hydrogen-bond acceptors (Lipinski definition) is 4. The highest BCUT2D eigenvalue weighted by atomic mass is 32.2. The number of thioether (sulfide) groups is 1. The average molecular weight is 333 g/mol. The SMILES string of the molecule is N=C(SCc1ccc(C(=O)N2CCCC2)cc1)N1CCOCC1. The lowest BCUT2D eigenvalue weighted by Crippen LogP contribution is -2.39. The zero-order valence-corrected chi connectivity index (χ0v) is 14.1. The number of amides is 1. The van der Waals surface area contributed by atoms with Gasteiger partial charge in [-0.3, -0.25) is 10.2 Å². The predicted molar refractivity (Wildman–Crippen MR) is 93.0 cm³/mol. The largest absolute Gasteiger partial charge is 0.378 e. The van der Waals surface area contributed by atoms with Gasteiger partial charge in [0.25, 0.3) is 5.91 Å². The normalized spacial score (nSPS) is 18.3. The van der Waals surface area contributed by atoms with Crippen LogP contribution < -0.4 is 0 Å². The number of likely N-dealkylation sites (tertiary alicyclic amines) is 1. The van der Waals surface area contributed by atoms with Crippen LogP contribution in [-0.2, 0) is 10.5 Å². The Morgan fingerprint density at radius 3 is 2.35 bits per heavy atom. The van der Waals surface area contributed by atoms with Crippen LogP contribution in [0.4, 0.5) is 0 Å². The number of benzene rings is 1. The van der Waals surface area contributed by atoms with Crippen LogP contribution in [0.15, 0.2) is 24.3 Å². The van der Waals surface area contributed by atoms with Crippen LogP contribution in [0.2, 0.25) is 0 Å². The summed E-state index contributed by atoms with van der Waals surface area (Å²) < 4.78 is 5.31. The molecule has 124 valence electrons. The zero-order valence-electron chi connectivity index (χ0n) is 13.3. The smallest absolute Gasteiger partial charge is 0.253 e. The summed E-state index contributed by atoms with van der Waals surface area (Å²) in [5, 5.41) is 8.73. The quantitative estimate of drug-likeness (QED) is 0.682. The molecule has 2 aliphatic heterocycles. The predicted octanol–water partition coefficient (Wildman–Crippen LogP) is 2.42. The van der Waals surface area contributed by atoms with Gasteiger partial charge in [0.2, 0.25) is 0 Å². The highest BCUT2D eigenvalue weighted by Gasteiger charge is 2.19. The van der Waals surface area contributed by atoms with Crippen molar-refractivity contribution in [3.05, 3.63) is 35.4 Å². The maximum atomic E-state index is 12.3. The third-order valence-electron chi connectivity index (χ3n) is 4.27. The number of amidine groups is 1. The summed E-state index contributed by atoms with van der Waals surface area (Å²) in [6, 6.07) is 7.83. The van der Waals surface area contributed by atoms with Crippen LogP contribution in [0.5, 0.6) is 0 Å². The van der Waals surface area contributed by atoms with Crippen molar-refractivity contribution in [2.24, 2.45) is 0 Å². The van der Waals surface area contributed by atoms with Crippen molar-refractivity contribution in [2.45, 2.75) is 18.6 Å². The van der Waals surface area contributed by atoms with E-state index in [2.05, 4.69) is 4.90 Å². The molecule has 3 rings (SSSR count). The van der Waals surface area contributed by atoms with E-state index in [1.54, 1.807) is 0 Å². The first kappa shape index (κ1) is 16.3. The molecule has 0 radical (unpaired) electrons. The lowest BCUT2D eigenvalue weighted by molar-refractivity contribution is 0.0690. The molecule has 1 aromatic rings. The van der Waals surface area contributed by atoms with Crippen LogP contribution in [-0.4, -0.2) is 60.3 Å². The van der Waals surface area contributed by atoms with Crippen molar-refractivity contribution >= 4 is 22.8 Å². The molecule has 2 fully saturated rings. The van der Waals surface area contributed by atoms with Gasteiger partial charge in [0.05, 0.1) is 13.2 Å². The standard InChI is InChI=1S/C17H23N3O2S/c18-17(20-9-11-22-12-10-20)23-13-14-3-5-15(6-4-14)16(21)19-7-1-2-8-19/h3-6,18H,1-2,7-13H2. The van der Waals surface area contributed by atoms with E-state index in [1.165, 1.54) is 11.8 Å². The molecule has 23 heavy (non-hydrogen) atoms. The second kappa shape index (κ2) is 7.84. The first-order chi connectivity index (χ1) is 11.2. The van der Waals surface area contributed by atoms with E-state index in [9.17, 15) is 4.79 Å². The lowest BCUT2D eigenvalue weighted by Gasteiger charge is -2.28. The molecule has 1 aromatic carbocycles. The summed E-state index contributed by atoms with van der Waals surface area (Å²) in [5.41, 5.74) is 1.91. The summed E-state index contributed by atoms with van der Waals surface area (Å²) in [6.45, 7) is 4.77. The molecule has 2 heterocycles.